The Labute approximate surface area is 244 Å². The van der Waals surface area contributed by atoms with Crippen LogP contribution in [0, 0.1) is 19.8 Å². The molecule has 0 saturated heterocycles. The number of carboxylic acids is 1. The molecule has 2 aromatic carbocycles. The zero-order valence-electron chi connectivity index (χ0n) is 24.1. The molecular weight excluding hydrogens is 538 g/mol. The number of anilines is 1. The van der Waals surface area contributed by atoms with Crippen molar-refractivity contribution >= 4 is 39.2 Å². The summed E-state index contributed by atoms with van der Waals surface area (Å²) in [6.45, 7) is 3.62. The van der Waals surface area contributed by atoms with E-state index in [2.05, 4.69) is 5.32 Å². The summed E-state index contributed by atoms with van der Waals surface area (Å²) in [4.78, 5) is 31.3. The summed E-state index contributed by atoms with van der Waals surface area (Å²) >= 11 is 1.47. The van der Waals surface area contributed by atoms with Crippen molar-refractivity contribution in [2.75, 3.05) is 19.5 Å². The van der Waals surface area contributed by atoms with Gasteiger partial charge in [0.15, 0.2) is 5.13 Å². The fourth-order valence-corrected chi connectivity index (χ4v) is 6.86. The fourth-order valence-electron chi connectivity index (χ4n) is 5.88. The van der Waals surface area contributed by atoms with E-state index in [4.69, 9.17) is 14.5 Å². The number of fused-ring (bicyclic) bond motifs is 1. The minimum absolute atomic E-state index is 0.281. The molecule has 1 saturated carbocycles. The van der Waals surface area contributed by atoms with Gasteiger partial charge >= 0.3 is 5.97 Å². The van der Waals surface area contributed by atoms with Crippen LogP contribution in [0.1, 0.15) is 65.0 Å². The molecule has 0 bridgehead atoms. The molecular formula is C32H37N3O5S. The van der Waals surface area contributed by atoms with Gasteiger partial charge in [-0.1, -0.05) is 43.7 Å². The molecule has 1 aliphatic rings. The average molecular weight is 576 g/mol. The van der Waals surface area contributed by atoms with E-state index >= 15 is 0 Å². The largest absolute Gasteiger partial charge is 0.496 e. The van der Waals surface area contributed by atoms with E-state index in [1.807, 2.05) is 44.2 Å². The third-order valence-corrected chi connectivity index (χ3v) is 9.01. The van der Waals surface area contributed by atoms with Gasteiger partial charge in [0.05, 0.1) is 19.9 Å². The number of nitrogens with zero attached hydrogens (tertiary/aromatic N) is 2. The van der Waals surface area contributed by atoms with Crippen molar-refractivity contribution in [3.8, 4) is 22.8 Å². The van der Waals surface area contributed by atoms with Crippen molar-refractivity contribution in [2.24, 2.45) is 5.92 Å². The van der Waals surface area contributed by atoms with Gasteiger partial charge < -0.3 is 19.1 Å². The summed E-state index contributed by atoms with van der Waals surface area (Å²) < 4.78 is 12.9. The van der Waals surface area contributed by atoms with Crippen molar-refractivity contribution in [2.45, 2.75) is 65.3 Å². The van der Waals surface area contributed by atoms with Crippen molar-refractivity contribution in [3.05, 3.63) is 58.1 Å². The van der Waals surface area contributed by atoms with Crippen molar-refractivity contribution in [3.63, 3.8) is 0 Å². The molecule has 1 amide bonds. The summed E-state index contributed by atoms with van der Waals surface area (Å²) in [6, 6.07) is 11.4. The second-order valence-electron chi connectivity index (χ2n) is 10.9. The van der Waals surface area contributed by atoms with Gasteiger partial charge in [-0.3, -0.25) is 14.9 Å². The molecule has 2 aromatic heterocycles. The Bertz CT molecular complexity index is 1580. The Kier molecular flexibility index (Phi) is 8.63. The summed E-state index contributed by atoms with van der Waals surface area (Å²) in [5, 5.41) is 13.8. The van der Waals surface area contributed by atoms with E-state index in [9.17, 15) is 14.7 Å². The van der Waals surface area contributed by atoms with Gasteiger partial charge in [0.1, 0.15) is 23.7 Å². The zero-order chi connectivity index (χ0) is 29.1. The quantitative estimate of drug-likeness (QED) is 0.207. The second-order valence-corrected chi connectivity index (χ2v) is 12.0. The van der Waals surface area contributed by atoms with Crippen LogP contribution in [0.4, 0.5) is 5.13 Å². The van der Waals surface area contributed by atoms with Crippen LogP contribution in [0.25, 0.3) is 22.2 Å². The Morgan fingerprint density at radius 2 is 1.80 bits per heavy atom. The summed E-state index contributed by atoms with van der Waals surface area (Å²) in [5.41, 5.74) is 4.57. The number of carbonyl (C=O) groups is 2. The molecule has 1 aliphatic carbocycles. The number of amides is 1. The van der Waals surface area contributed by atoms with Gasteiger partial charge in [-0.2, -0.15) is 0 Å². The van der Waals surface area contributed by atoms with Crippen LogP contribution in [0.2, 0.25) is 0 Å². The monoisotopic (exact) mass is 575 g/mol. The number of benzene rings is 2. The van der Waals surface area contributed by atoms with Crippen LogP contribution < -0.4 is 14.8 Å². The molecule has 9 heteroatoms. The standard InChI is InChI=1S/C32H37N3O5S/c1-19-10-12-24-22(14-19)16-25(35(24)18-29(36)37)31(38)34-32-33-30(23-17-26(39-3)20(2)15-27(23)40-4)28(41-32)13-11-21-8-6-5-7-9-21/h10,12,14-17,21H,5-9,11,13,18H2,1-4H3,(H,36,37)(H,33,34,38). The highest BCUT2D eigenvalue weighted by atomic mass is 32.1. The Hall–Kier alpha value is -3.85. The molecule has 41 heavy (non-hydrogen) atoms. The first-order chi connectivity index (χ1) is 19.8. The third kappa shape index (κ3) is 6.25. The molecule has 4 aromatic rings. The Balaban J connectivity index is 1.51. The molecule has 2 heterocycles. The highest BCUT2D eigenvalue weighted by molar-refractivity contribution is 7.16. The van der Waals surface area contributed by atoms with E-state index in [1.54, 1.807) is 24.9 Å². The molecule has 0 atom stereocenters. The first-order valence-corrected chi connectivity index (χ1v) is 14.9. The Morgan fingerprint density at radius 1 is 1.05 bits per heavy atom. The summed E-state index contributed by atoms with van der Waals surface area (Å²) in [5.74, 6) is 0.724. The van der Waals surface area contributed by atoms with Crippen LogP contribution >= 0.6 is 11.3 Å². The topological polar surface area (TPSA) is 103 Å². The molecule has 0 aliphatic heterocycles. The second kappa shape index (κ2) is 12.3. The molecule has 0 radical (unpaired) electrons. The number of aryl methyl sites for hydroxylation is 3. The molecule has 1 fully saturated rings. The number of carbonyl (C=O) groups excluding carboxylic acids is 1. The number of thiazole rings is 1. The van der Waals surface area contributed by atoms with E-state index < -0.39 is 11.9 Å². The number of ether oxygens (including phenoxy) is 2. The number of methoxy groups -OCH3 is 2. The van der Waals surface area contributed by atoms with Gasteiger partial charge in [0.2, 0.25) is 0 Å². The zero-order valence-corrected chi connectivity index (χ0v) is 24.9. The highest BCUT2D eigenvalue weighted by Gasteiger charge is 2.24. The maximum absolute atomic E-state index is 13.6. The highest BCUT2D eigenvalue weighted by Crippen LogP contribution is 2.41. The van der Waals surface area contributed by atoms with Crippen LogP contribution in [0.15, 0.2) is 36.4 Å². The molecule has 0 unspecified atom stereocenters. The minimum atomic E-state index is -1.01. The third-order valence-electron chi connectivity index (χ3n) is 7.98. The van der Waals surface area contributed by atoms with E-state index in [0.717, 1.165) is 51.2 Å². The molecule has 216 valence electrons. The predicted octanol–water partition coefficient (Wildman–Crippen LogP) is 7.25. The van der Waals surface area contributed by atoms with Crippen molar-refractivity contribution in [1.82, 2.24) is 9.55 Å². The predicted molar refractivity (Wildman–Crippen MR) is 163 cm³/mol. The van der Waals surface area contributed by atoms with E-state index in [1.165, 1.54) is 43.4 Å². The van der Waals surface area contributed by atoms with Gasteiger partial charge in [0.25, 0.3) is 5.91 Å². The van der Waals surface area contributed by atoms with Crippen molar-refractivity contribution in [1.29, 1.82) is 0 Å². The first-order valence-electron chi connectivity index (χ1n) is 14.1. The smallest absolute Gasteiger partial charge is 0.323 e. The minimum Gasteiger partial charge on any atom is -0.496 e. The fraction of sp³-hybridized carbons (Fsp3) is 0.406. The van der Waals surface area contributed by atoms with Crippen LogP contribution in [-0.2, 0) is 17.8 Å². The number of hydrogen-bond donors (Lipinski definition) is 2. The normalized spacial score (nSPS) is 13.9. The number of rotatable bonds is 10. The maximum Gasteiger partial charge on any atom is 0.323 e. The lowest BCUT2D eigenvalue weighted by atomic mass is 9.86. The lowest BCUT2D eigenvalue weighted by Gasteiger charge is -2.21. The van der Waals surface area contributed by atoms with Gasteiger partial charge in [0, 0.05) is 21.3 Å². The molecule has 0 spiro atoms. The number of aliphatic carboxylic acids is 1. The molecule has 5 rings (SSSR count). The van der Waals surface area contributed by atoms with Gasteiger partial charge in [-0.05, 0) is 68.5 Å². The number of nitrogens with one attached hydrogen (secondary N) is 1. The Morgan fingerprint density at radius 3 is 2.51 bits per heavy atom. The average Bonchev–Trinajstić information content (AvgIpc) is 3.52. The lowest BCUT2D eigenvalue weighted by Crippen LogP contribution is -2.19. The van der Waals surface area contributed by atoms with Crippen LogP contribution in [-0.4, -0.2) is 40.8 Å². The molecule has 8 nitrogen and oxygen atoms in total. The van der Waals surface area contributed by atoms with E-state index in [0.29, 0.717) is 22.3 Å². The SMILES string of the molecule is COc1cc(-c2nc(NC(=O)c3cc4cc(C)ccc4n3CC(=O)O)sc2CCC2CCCCC2)c(OC)cc1C. The molecule has 2 N–H and O–H groups in total. The number of carboxylic acid groups (broad SMARTS) is 1. The van der Waals surface area contributed by atoms with Crippen molar-refractivity contribution < 1.29 is 24.2 Å². The van der Waals surface area contributed by atoms with E-state index in [-0.39, 0.29) is 12.2 Å². The maximum atomic E-state index is 13.6. The van der Waals surface area contributed by atoms with Crippen LogP contribution in [0.3, 0.4) is 0 Å². The summed E-state index contributed by atoms with van der Waals surface area (Å²) in [7, 11) is 3.29. The summed E-state index contributed by atoms with van der Waals surface area (Å²) in [6.07, 6.45) is 8.32. The first kappa shape index (κ1) is 28.7. The number of hydrogen-bond acceptors (Lipinski definition) is 6. The lowest BCUT2D eigenvalue weighted by molar-refractivity contribution is -0.137. The van der Waals surface area contributed by atoms with Gasteiger partial charge in [-0.25, -0.2) is 4.98 Å². The number of aromatic nitrogens is 2. The van der Waals surface area contributed by atoms with Gasteiger partial charge in [-0.15, -0.1) is 11.3 Å². The van der Waals surface area contributed by atoms with Crippen LogP contribution in [0.5, 0.6) is 11.5 Å².